The van der Waals surface area contributed by atoms with Gasteiger partial charge in [-0.25, -0.2) is 0 Å². The van der Waals surface area contributed by atoms with Gasteiger partial charge in [-0.2, -0.15) is 0 Å². The number of thioether (sulfide) groups is 1. The van der Waals surface area contributed by atoms with E-state index in [1.807, 2.05) is 30.5 Å². The van der Waals surface area contributed by atoms with E-state index in [0.29, 0.717) is 18.5 Å². The van der Waals surface area contributed by atoms with Crippen LogP contribution in [0.5, 0.6) is 5.75 Å². The van der Waals surface area contributed by atoms with E-state index in [2.05, 4.69) is 6.07 Å². The first kappa shape index (κ1) is 16.4. The average molecular weight is 378 g/mol. The number of fused-ring (bicyclic) bond motifs is 1. The number of benzene rings is 2. The Kier molecular flexibility index (Phi) is 3.59. The molecule has 1 N–H and O–H groups in total. The molecule has 6 heteroatoms. The van der Waals surface area contributed by atoms with Crippen LogP contribution in [0.15, 0.2) is 46.1 Å². The summed E-state index contributed by atoms with van der Waals surface area (Å²) in [6.07, 6.45) is 3.51. The summed E-state index contributed by atoms with van der Waals surface area (Å²) in [5.41, 5.74) is 3.19. The number of pyridine rings is 1. The van der Waals surface area contributed by atoms with Crippen LogP contribution in [0.1, 0.15) is 21.5 Å². The molecule has 3 heterocycles. The van der Waals surface area contributed by atoms with Crippen LogP contribution in [0.4, 0.5) is 5.69 Å². The van der Waals surface area contributed by atoms with Gasteiger partial charge in [-0.15, -0.1) is 11.8 Å². The summed E-state index contributed by atoms with van der Waals surface area (Å²) in [6, 6.07) is 11.6. The molecule has 136 valence electrons. The summed E-state index contributed by atoms with van der Waals surface area (Å²) >= 11 is 1.66. The van der Waals surface area contributed by atoms with E-state index < -0.39 is 11.5 Å². The number of hydrogen-bond donors (Lipinski definition) is 1. The van der Waals surface area contributed by atoms with Gasteiger partial charge in [0, 0.05) is 29.1 Å². The van der Waals surface area contributed by atoms with Crippen LogP contribution in [0.2, 0.25) is 0 Å². The third-order valence-electron chi connectivity index (χ3n) is 5.59. The van der Waals surface area contributed by atoms with Gasteiger partial charge in [-0.05, 0) is 54.5 Å². The first-order valence-electron chi connectivity index (χ1n) is 8.96. The van der Waals surface area contributed by atoms with Crippen LogP contribution >= 0.6 is 11.8 Å². The van der Waals surface area contributed by atoms with E-state index in [-0.39, 0.29) is 11.3 Å². The molecule has 0 saturated heterocycles. The largest absolute Gasteiger partial charge is 0.506 e. The highest BCUT2D eigenvalue weighted by Gasteiger charge is 2.32. The molecule has 2 aromatic carbocycles. The van der Waals surface area contributed by atoms with Gasteiger partial charge >= 0.3 is 0 Å². The Morgan fingerprint density at radius 1 is 1.11 bits per heavy atom. The number of carbonyl (C=O) groups is 1. The van der Waals surface area contributed by atoms with Gasteiger partial charge in [-0.1, -0.05) is 12.1 Å². The fourth-order valence-corrected chi connectivity index (χ4v) is 4.73. The third kappa shape index (κ3) is 2.26. The monoisotopic (exact) mass is 378 g/mol. The number of aromatic nitrogens is 1. The Labute approximate surface area is 160 Å². The number of nitrogens with zero attached hydrogens (tertiary/aromatic N) is 2. The normalized spacial score (nSPS) is 14.8. The minimum Gasteiger partial charge on any atom is -0.506 e. The molecule has 2 aliphatic heterocycles. The molecule has 0 unspecified atom stereocenters. The summed E-state index contributed by atoms with van der Waals surface area (Å²) in [4.78, 5) is 29.1. The number of para-hydroxylation sites is 1. The fraction of sp³-hybridized carbons (Fsp3) is 0.238. The lowest BCUT2D eigenvalue weighted by Gasteiger charge is -2.19. The van der Waals surface area contributed by atoms with Crippen LogP contribution in [-0.2, 0) is 19.4 Å². The van der Waals surface area contributed by atoms with E-state index in [4.69, 9.17) is 0 Å². The summed E-state index contributed by atoms with van der Waals surface area (Å²) in [7, 11) is 0. The van der Waals surface area contributed by atoms with Crippen LogP contribution in [0.25, 0.3) is 10.9 Å². The quantitative estimate of drug-likeness (QED) is 0.696. The van der Waals surface area contributed by atoms with Crippen molar-refractivity contribution in [3.63, 3.8) is 0 Å². The van der Waals surface area contributed by atoms with Crippen molar-refractivity contribution < 1.29 is 9.90 Å². The Balaban J connectivity index is 1.67. The van der Waals surface area contributed by atoms with Gasteiger partial charge in [0.15, 0.2) is 0 Å². The fourth-order valence-electron chi connectivity index (χ4n) is 4.26. The minimum atomic E-state index is -0.420. The lowest BCUT2D eigenvalue weighted by atomic mass is 10.1. The average Bonchev–Trinajstić information content (AvgIpc) is 3.30. The Morgan fingerprint density at radius 2 is 1.93 bits per heavy atom. The maximum Gasteiger partial charge on any atom is 0.267 e. The van der Waals surface area contributed by atoms with Crippen LogP contribution in [0.3, 0.4) is 0 Å². The lowest BCUT2D eigenvalue weighted by molar-refractivity contribution is 0.0985. The molecular formula is C21H18N2O3S. The zero-order valence-corrected chi connectivity index (χ0v) is 15.7. The second-order valence-electron chi connectivity index (χ2n) is 6.95. The molecule has 5 rings (SSSR count). The SMILES string of the molecule is CSc1ccc2c(c1)CCN2C(=O)c1c(O)c2cccc3c2n(c1=O)CC3. The zero-order valence-electron chi connectivity index (χ0n) is 14.9. The number of amides is 1. The smallest absolute Gasteiger partial charge is 0.267 e. The molecule has 0 atom stereocenters. The lowest BCUT2D eigenvalue weighted by Crippen LogP contribution is -2.35. The molecule has 5 nitrogen and oxygen atoms in total. The summed E-state index contributed by atoms with van der Waals surface area (Å²) in [5, 5.41) is 11.4. The third-order valence-corrected chi connectivity index (χ3v) is 6.31. The van der Waals surface area contributed by atoms with Crippen molar-refractivity contribution in [3.8, 4) is 5.75 Å². The van der Waals surface area contributed by atoms with Crippen molar-refractivity contribution >= 4 is 34.3 Å². The molecule has 1 amide bonds. The van der Waals surface area contributed by atoms with E-state index >= 15 is 0 Å². The van der Waals surface area contributed by atoms with Crippen molar-refractivity contribution in [3.05, 3.63) is 63.4 Å². The van der Waals surface area contributed by atoms with Crippen molar-refractivity contribution in [2.24, 2.45) is 0 Å². The molecule has 0 radical (unpaired) electrons. The number of aromatic hydroxyl groups is 1. The van der Waals surface area contributed by atoms with E-state index in [9.17, 15) is 14.7 Å². The van der Waals surface area contributed by atoms with Crippen molar-refractivity contribution in [1.82, 2.24) is 4.57 Å². The van der Waals surface area contributed by atoms with Crippen molar-refractivity contribution in [2.75, 3.05) is 17.7 Å². The van der Waals surface area contributed by atoms with Gasteiger partial charge in [0.2, 0.25) is 0 Å². The molecular weight excluding hydrogens is 360 g/mol. The number of carbonyl (C=O) groups excluding carboxylic acids is 1. The number of rotatable bonds is 2. The predicted molar refractivity (Wildman–Crippen MR) is 107 cm³/mol. The first-order valence-corrected chi connectivity index (χ1v) is 10.2. The second kappa shape index (κ2) is 5.89. The second-order valence-corrected chi connectivity index (χ2v) is 7.82. The van der Waals surface area contributed by atoms with Crippen molar-refractivity contribution in [1.29, 1.82) is 0 Å². The molecule has 0 fully saturated rings. The highest BCUT2D eigenvalue weighted by atomic mass is 32.2. The number of anilines is 1. The molecule has 0 bridgehead atoms. The molecule has 0 aliphatic carbocycles. The van der Waals surface area contributed by atoms with E-state index in [1.54, 1.807) is 27.3 Å². The zero-order chi connectivity index (χ0) is 18.7. The van der Waals surface area contributed by atoms with Crippen LogP contribution in [0, 0.1) is 0 Å². The molecule has 0 saturated carbocycles. The first-order chi connectivity index (χ1) is 13.1. The van der Waals surface area contributed by atoms with Crippen LogP contribution in [-0.4, -0.2) is 28.4 Å². The number of hydrogen-bond acceptors (Lipinski definition) is 4. The molecule has 1 aromatic heterocycles. The predicted octanol–water partition coefficient (Wildman–Crippen LogP) is 3.19. The highest BCUT2D eigenvalue weighted by molar-refractivity contribution is 7.98. The Morgan fingerprint density at radius 3 is 2.74 bits per heavy atom. The molecule has 2 aliphatic rings. The van der Waals surface area contributed by atoms with E-state index in [1.165, 1.54) is 0 Å². The van der Waals surface area contributed by atoms with Gasteiger partial charge < -0.3 is 14.6 Å². The van der Waals surface area contributed by atoms with Crippen molar-refractivity contribution in [2.45, 2.75) is 24.3 Å². The Bertz CT molecular complexity index is 1180. The van der Waals surface area contributed by atoms with Gasteiger partial charge in [-0.3, -0.25) is 9.59 Å². The highest BCUT2D eigenvalue weighted by Crippen LogP contribution is 2.36. The minimum absolute atomic E-state index is 0.122. The summed E-state index contributed by atoms with van der Waals surface area (Å²) in [6.45, 7) is 1.06. The summed E-state index contributed by atoms with van der Waals surface area (Å²) in [5.74, 6) is -0.620. The van der Waals surface area contributed by atoms with E-state index in [0.717, 1.165) is 40.1 Å². The maximum atomic E-state index is 13.3. The topological polar surface area (TPSA) is 62.5 Å². The number of aryl methyl sites for hydroxylation is 2. The molecule has 27 heavy (non-hydrogen) atoms. The standard InChI is InChI=1S/C21H18N2O3S/c1-27-14-5-6-16-13(11-14)8-9-22(16)20(25)17-19(24)15-4-2-3-12-7-10-23(18(12)15)21(17)26/h2-6,11,24H,7-10H2,1H3. The molecule has 0 spiro atoms. The van der Waals surface area contributed by atoms with Gasteiger partial charge in [0.1, 0.15) is 11.3 Å². The Hall–Kier alpha value is -2.73. The maximum absolute atomic E-state index is 13.3. The molecule has 3 aromatic rings. The van der Waals surface area contributed by atoms with Gasteiger partial charge in [0.05, 0.1) is 5.52 Å². The van der Waals surface area contributed by atoms with Gasteiger partial charge in [0.25, 0.3) is 11.5 Å². The summed E-state index contributed by atoms with van der Waals surface area (Å²) < 4.78 is 1.63. The van der Waals surface area contributed by atoms with Crippen LogP contribution < -0.4 is 10.5 Å².